The number of rotatable bonds is 6. The van der Waals surface area contributed by atoms with Crippen molar-refractivity contribution in [2.45, 2.75) is 13.1 Å². The van der Waals surface area contributed by atoms with Crippen LogP contribution in [0.4, 0.5) is 8.78 Å². The SMILES string of the molecule is Cl.NCCN(Cc1ccccc1)Cc1cccc(F)c1F. The molecule has 21 heavy (non-hydrogen) atoms. The number of hydrogen-bond donors (Lipinski definition) is 1. The fourth-order valence-electron chi connectivity index (χ4n) is 2.15. The summed E-state index contributed by atoms with van der Waals surface area (Å²) in [6.45, 7) is 2.11. The highest BCUT2D eigenvalue weighted by atomic mass is 35.5. The first-order valence-electron chi connectivity index (χ1n) is 6.60. The Hall–Kier alpha value is -1.49. The predicted octanol–water partition coefficient (Wildman–Crippen LogP) is 3.35. The maximum Gasteiger partial charge on any atom is 0.163 e. The quantitative estimate of drug-likeness (QED) is 0.886. The topological polar surface area (TPSA) is 29.3 Å². The Morgan fingerprint density at radius 2 is 1.62 bits per heavy atom. The van der Waals surface area contributed by atoms with Crippen molar-refractivity contribution in [2.75, 3.05) is 13.1 Å². The van der Waals surface area contributed by atoms with Gasteiger partial charge in [0.15, 0.2) is 11.6 Å². The molecular formula is C16H19ClF2N2. The summed E-state index contributed by atoms with van der Waals surface area (Å²) in [6.07, 6.45) is 0. The van der Waals surface area contributed by atoms with Crippen molar-refractivity contribution in [3.05, 3.63) is 71.3 Å². The Labute approximate surface area is 130 Å². The van der Waals surface area contributed by atoms with Crippen LogP contribution in [0.25, 0.3) is 0 Å². The first kappa shape index (κ1) is 17.6. The Balaban J connectivity index is 0.00000220. The highest BCUT2D eigenvalue weighted by Crippen LogP contribution is 2.15. The summed E-state index contributed by atoms with van der Waals surface area (Å²) >= 11 is 0. The van der Waals surface area contributed by atoms with Crippen LogP contribution in [0.1, 0.15) is 11.1 Å². The van der Waals surface area contributed by atoms with Crippen molar-refractivity contribution in [1.29, 1.82) is 0 Å². The third-order valence-electron chi connectivity index (χ3n) is 3.12. The van der Waals surface area contributed by atoms with E-state index in [2.05, 4.69) is 0 Å². The second kappa shape index (κ2) is 8.72. The van der Waals surface area contributed by atoms with E-state index in [4.69, 9.17) is 5.73 Å². The van der Waals surface area contributed by atoms with E-state index in [1.54, 1.807) is 6.07 Å². The van der Waals surface area contributed by atoms with Crippen LogP contribution in [0.15, 0.2) is 48.5 Å². The number of nitrogens with zero attached hydrogens (tertiary/aromatic N) is 1. The van der Waals surface area contributed by atoms with Crippen molar-refractivity contribution >= 4 is 12.4 Å². The summed E-state index contributed by atoms with van der Waals surface area (Å²) in [7, 11) is 0. The van der Waals surface area contributed by atoms with E-state index < -0.39 is 11.6 Å². The van der Waals surface area contributed by atoms with Gasteiger partial charge in [0, 0.05) is 31.7 Å². The lowest BCUT2D eigenvalue weighted by Crippen LogP contribution is -2.29. The van der Waals surface area contributed by atoms with Gasteiger partial charge >= 0.3 is 0 Å². The normalized spacial score (nSPS) is 10.5. The molecule has 2 aromatic rings. The standard InChI is InChI=1S/C16H18F2N2.ClH/c17-15-8-4-7-14(16(15)18)12-20(10-9-19)11-13-5-2-1-3-6-13;/h1-8H,9-12,19H2;1H. The fourth-order valence-corrected chi connectivity index (χ4v) is 2.15. The van der Waals surface area contributed by atoms with Crippen molar-refractivity contribution in [1.82, 2.24) is 4.90 Å². The molecule has 0 amide bonds. The second-order valence-corrected chi connectivity index (χ2v) is 4.70. The van der Waals surface area contributed by atoms with Gasteiger partial charge in [-0.25, -0.2) is 8.78 Å². The van der Waals surface area contributed by atoms with Crippen molar-refractivity contribution < 1.29 is 8.78 Å². The molecule has 0 aliphatic heterocycles. The zero-order valence-corrected chi connectivity index (χ0v) is 12.5. The molecule has 0 saturated carbocycles. The van der Waals surface area contributed by atoms with Gasteiger partial charge in [0.2, 0.25) is 0 Å². The Kier molecular flexibility index (Phi) is 7.29. The highest BCUT2D eigenvalue weighted by Gasteiger charge is 2.12. The van der Waals surface area contributed by atoms with Gasteiger partial charge in [-0.15, -0.1) is 12.4 Å². The predicted molar refractivity (Wildman–Crippen MR) is 83.2 cm³/mol. The van der Waals surface area contributed by atoms with E-state index >= 15 is 0 Å². The van der Waals surface area contributed by atoms with Gasteiger partial charge in [-0.3, -0.25) is 4.90 Å². The molecule has 5 heteroatoms. The largest absolute Gasteiger partial charge is 0.329 e. The minimum absolute atomic E-state index is 0. The molecule has 0 atom stereocenters. The molecule has 2 N–H and O–H groups in total. The molecule has 2 nitrogen and oxygen atoms in total. The van der Waals surface area contributed by atoms with Crippen LogP contribution >= 0.6 is 12.4 Å². The van der Waals surface area contributed by atoms with E-state index in [1.807, 2.05) is 35.2 Å². The molecule has 0 spiro atoms. The van der Waals surface area contributed by atoms with Crippen LogP contribution in [-0.2, 0) is 13.1 Å². The summed E-state index contributed by atoms with van der Waals surface area (Å²) in [5.41, 5.74) is 7.07. The van der Waals surface area contributed by atoms with Crippen LogP contribution in [0.3, 0.4) is 0 Å². The third kappa shape index (κ3) is 5.08. The van der Waals surface area contributed by atoms with Crippen LogP contribution < -0.4 is 5.73 Å². The number of benzene rings is 2. The summed E-state index contributed by atoms with van der Waals surface area (Å²) in [5.74, 6) is -1.59. The molecule has 0 radical (unpaired) electrons. The lowest BCUT2D eigenvalue weighted by atomic mass is 10.1. The summed E-state index contributed by atoms with van der Waals surface area (Å²) in [4.78, 5) is 2.01. The van der Waals surface area contributed by atoms with Gasteiger partial charge in [-0.2, -0.15) is 0 Å². The Morgan fingerprint density at radius 1 is 0.905 bits per heavy atom. The van der Waals surface area contributed by atoms with Gasteiger partial charge in [0.1, 0.15) is 0 Å². The zero-order valence-electron chi connectivity index (χ0n) is 11.6. The Bertz CT molecular complexity index is 549. The summed E-state index contributed by atoms with van der Waals surface area (Å²) in [6, 6.07) is 14.1. The zero-order chi connectivity index (χ0) is 14.4. The minimum Gasteiger partial charge on any atom is -0.329 e. The van der Waals surface area contributed by atoms with Crippen molar-refractivity contribution in [3.8, 4) is 0 Å². The summed E-state index contributed by atoms with van der Waals surface area (Å²) < 4.78 is 26.9. The van der Waals surface area contributed by atoms with E-state index in [-0.39, 0.29) is 12.4 Å². The average Bonchev–Trinajstić information content (AvgIpc) is 2.45. The molecule has 0 aliphatic rings. The number of nitrogens with two attached hydrogens (primary N) is 1. The van der Waals surface area contributed by atoms with Crippen LogP contribution in [0.2, 0.25) is 0 Å². The molecule has 0 heterocycles. The first-order chi connectivity index (χ1) is 9.70. The average molecular weight is 313 g/mol. The third-order valence-corrected chi connectivity index (χ3v) is 3.12. The number of halogens is 3. The second-order valence-electron chi connectivity index (χ2n) is 4.70. The van der Waals surface area contributed by atoms with Crippen molar-refractivity contribution in [3.63, 3.8) is 0 Å². The maximum atomic E-state index is 13.7. The molecule has 2 aromatic carbocycles. The van der Waals surface area contributed by atoms with Crippen LogP contribution in [-0.4, -0.2) is 18.0 Å². The Morgan fingerprint density at radius 3 is 2.29 bits per heavy atom. The van der Waals surface area contributed by atoms with E-state index in [0.717, 1.165) is 11.6 Å². The molecule has 0 fully saturated rings. The summed E-state index contributed by atoms with van der Waals surface area (Å²) in [5, 5.41) is 0. The molecule has 0 bridgehead atoms. The van der Waals surface area contributed by atoms with Gasteiger partial charge in [0.25, 0.3) is 0 Å². The molecular weight excluding hydrogens is 294 g/mol. The molecule has 0 aliphatic carbocycles. The van der Waals surface area contributed by atoms with Gasteiger partial charge < -0.3 is 5.73 Å². The van der Waals surface area contributed by atoms with E-state index in [0.29, 0.717) is 31.7 Å². The minimum atomic E-state index is -0.810. The van der Waals surface area contributed by atoms with Gasteiger partial charge in [-0.1, -0.05) is 42.5 Å². The van der Waals surface area contributed by atoms with Crippen LogP contribution in [0.5, 0.6) is 0 Å². The lowest BCUT2D eigenvalue weighted by molar-refractivity contribution is 0.259. The molecule has 0 aromatic heterocycles. The van der Waals surface area contributed by atoms with Gasteiger partial charge in [-0.05, 0) is 11.6 Å². The lowest BCUT2D eigenvalue weighted by Gasteiger charge is -2.22. The van der Waals surface area contributed by atoms with Crippen molar-refractivity contribution in [2.24, 2.45) is 5.73 Å². The van der Waals surface area contributed by atoms with Gasteiger partial charge in [0.05, 0.1) is 0 Å². The highest BCUT2D eigenvalue weighted by molar-refractivity contribution is 5.85. The van der Waals surface area contributed by atoms with E-state index in [1.165, 1.54) is 6.07 Å². The maximum absolute atomic E-state index is 13.7. The first-order valence-corrected chi connectivity index (χ1v) is 6.60. The molecule has 2 rings (SSSR count). The van der Waals surface area contributed by atoms with Crippen LogP contribution in [0, 0.1) is 11.6 Å². The number of hydrogen-bond acceptors (Lipinski definition) is 2. The molecule has 0 unspecified atom stereocenters. The smallest absolute Gasteiger partial charge is 0.163 e. The monoisotopic (exact) mass is 312 g/mol. The molecule has 114 valence electrons. The molecule has 0 saturated heterocycles. The van der Waals surface area contributed by atoms with E-state index in [9.17, 15) is 8.78 Å². The fraction of sp³-hybridized carbons (Fsp3) is 0.250.